The molecule has 0 saturated carbocycles. The Morgan fingerprint density at radius 3 is 2.48 bits per heavy atom. The lowest BCUT2D eigenvalue weighted by Crippen LogP contribution is -2.40. The predicted molar refractivity (Wildman–Crippen MR) is 162 cm³/mol. The molecule has 0 spiro atoms. The quantitative estimate of drug-likeness (QED) is 0.272. The van der Waals surface area contributed by atoms with E-state index < -0.39 is 12.0 Å². The Labute approximate surface area is 251 Å². The second kappa shape index (κ2) is 11.6. The predicted octanol–water partition coefficient (Wildman–Crippen LogP) is 5.48. The van der Waals surface area contributed by atoms with Gasteiger partial charge in [-0.05, 0) is 69.0 Å². The third kappa shape index (κ3) is 5.07. The average molecular weight is 684 g/mol. The highest BCUT2D eigenvalue weighted by molar-refractivity contribution is 9.13. The minimum Gasteiger partial charge on any atom is -0.503 e. The summed E-state index contributed by atoms with van der Waals surface area (Å²) in [6.45, 7) is 3.91. The Balaban J connectivity index is 1.84. The van der Waals surface area contributed by atoms with E-state index in [0.717, 1.165) is 16.7 Å². The number of ether oxygens (including phenoxy) is 2. The van der Waals surface area contributed by atoms with Crippen molar-refractivity contribution < 1.29 is 19.4 Å². The highest BCUT2D eigenvalue weighted by atomic mass is 79.9. The number of aryl methyl sites for hydroxylation is 1. The fourth-order valence-corrected chi connectivity index (χ4v) is 6.35. The summed E-state index contributed by atoms with van der Waals surface area (Å²) in [7, 11) is 1.46. The van der Waals surface area contributed by atoms with Gasteiger partial charge in [-0.25, -0.2) is 9.79 Å². The van der Waals surface area contributed by atoms with E-state index in [1.54, 1.807) is 23.6 Å². The Morgan fingerprint density at radius 1 is 1.12 bits per heavy atom. The third-order valence-corrected chi connectivity index (χ3v) is 9.59. The van der Waals surface area contributed by atoms with Crippen LogP contribution in [0.15, 0.2) is 85.0 Å². The van der Waals surface area contributed by atoms with Gasteiger partial charge in [0.15, 0.2) is 16.3 Å². The van der Waals surface area contributed by atoms with E-state index in [1.165, 1.54) is 18.4 Å². The number of hydrogen-bond donors (Lipinski definition) is 1. The molecule has 204 valence electrons. The molecule has 0 radical (unpaired) electrons. The number of methoxy groups -OCH3 is 1. The van der Waals surface area contributed by atoms with Crippen molar-refractivity contribution >= 4 is 60.9 Å². The zero-order valence-corrected chi connectivity index (χ0v) is 25.8. The Bertz CT molecular complexity index is 1830. The lowest BCUT2D eigenvalue weighted by Gasteiger charge is -2.26. The smallest absolute Gasteiger partial charge is 0.338 e. The van der Waals surface area contributed by atoms with Crippen LogP contribution >= 0.6 is 43.2 Å². The standard InChI is InChI=1S/C30H24Br2N2O5S/c1-4-39-29(37)22-25(17-8-6-5-7-9-17)33-30-34(26(22)18-12-10-16(2)11-13-18)28(36)21(40-30)15-19-14-20(38-3)27(35)24(32)23(19)31/h5-15,26,35H,4H2,1-3H3. The van der Waals surface area contributed by atoms with Crippen LogP contribution in [-0.2, 0) is 9.53 Å². The number of phenolic OH excluding ortho intramolecular Hbond substituents is 1. The zero-order valence-electron chi connectivity index (χ0n) is 21.8. The van der Waals surface area contributed by atoms with Gasteiger partial charge in [-0.2, -0.15) is 0 Å². The summed E-state index contributed by atoms with van der Waals surface area (Å²) in [5.74, 6) is -0.332. The number of fused-ring (bicyclic) bond motifs is 1. The molecule has 4 aromatic rings. The molecular weight excluding hydrogens is 660 g/mol. The molecule has 1 aliphatic heterocycles. The number of phenols is 1. The Morgan fingerprint density at radius 2 is 1.82 bits per heavy atom. The number of hydrogen-bond acceptors (Lipinski definition) is 7. The number of halogens is 2. The number of thiazole rings is 1. The minimum atomic E-state index is -0.752. The van der Waals surface area contributed by atoms with Crippen molar-refractivity contribution in [1.82, 2.24) is 4.57 Å². The van der Waals surface area contributed by atoms with Gasteiger partial charge in [0.05, 0.1) is 40.0 Å². The van der Waals surface area contributed by atoms with Gasteiger partial charge in [0.2, 0.25) is 0 Å². The maximum Gasteiger partial charge on any atom is 0.338 e. The molecule has 1 aromatic heterocycles. The lowest BCUT2D eigenvalue weighted by molar-refractivity contribution is -0.138. The summed E-state index contributed by atoms with van der Waals surface area (Å²) >= 11 is 8.09. The number of nitrogens with zero attached hydrogens (tertiary/aromatic N) is 2. The Kier molecular flexibility index (Phi) is 8.11. The van der Waals surface area contributed by atoms with Crippen molar-refractivity contribution in [2.75, 3.05) is 13.7 Å². The van der Waals surface area contributed by atoms with Crippen LogP contribution in [0.2, 0.25) is 0 Å². The van der Waals surface area contributed by atoms with Gasteiger partial charge in [-0.15, -0.1) is 0 Å². The average Bonchev–Trinajstić information content (AvgIpc) is 3.27. The number of carbonyl (C=O) groups excluding carboxylic acids is 1. The summed E-state index contributed by atoms with van der Waals surface area (Å²) in [6.07, 6.45) is 1.71. The van der Waals surface area contributed by atoms with Crippen molar-refractivity contribution in [3.05, 3.63) is 117 Å². The van der Waals surface area contributed by atoms with Gasteiger partial charge in [0.25, 0.3) is 5.56 Å². The second-order valence-corrected chi connectivity index (χ2v) is 11.6. The van der Waals surface area contributed by atoms with E-state index in [4.69, 9.17) is 14.5 Å². The number of carbonyl (C=O) groups is 1. The number of esters is 1. The van der Waals surface area contributed by atoms with Gasteiger partial charge < -0.3 is 14.6 Å². The van der Waals surface area contributed by atoms with E-state index in [1.807, 2.05) is 61.5 Å². The Hall–Kier alpha value is -3.47. The van der Waals surface area contributed by atoms with Crippen molar-refractivity contribution in [2.24, 2.45) is 4.99 Å². The molecule has 1 N–H and O–H groups in total. The first-order valence-corrected chi connectivity index (χ1v) is 14.7. The van der Waals surface area contributed by atoms with Gasteiger partial charge in [-0.3, -0.25) is 9.36 Å². The van der Waals surface area contributed by atoms with Crippen molar-refractivity contribution in [3.63, 3.8) is 0 Å². The SMILES string of the molecule is CCOC(=O)C1=C(c2ccccc2)N=c2sc(=Cc3cc(OC)c(O)c(Br)c3Br)c(=O)n2C1c1ccc(C)cc1. The van der Waals surface area contributed by atoms with E-state index >= 15 is 0 Å². The maximum atomic E-state index is 14.1. The van der Waals surface area contributed by atoms with Gasteiger partial charge >= 0.3 is 5.97 Å². The molecule has 0 bridgehead atoms. The van der Waals surface area contributed by atoms with Crippen LogP contribution in [0.4, 0.5) is 0 Å². The zero-order chi connectivity index (χ0) is 28.6. The highest BCUT2D eigenvalue weighted by Crippen LogP contribution is 2.42. The van der Waals surface area contributed by atoms with Crippen molar-refractivity contribution in [2.45, 2.75) is 19.9 Å². The molecule has 5 rings (SSSR count). The summed E-state index contributed by atoms with van der Waals surface area (Å²) in [6, 6.07) is 18.1. The molecule has 3 aromatic carbocycles. The first-order chi connectivity index (χ1) is 19.2. The van der Waals surface area contributed by atoms with Gasteiger partial charge in [0.1, 0.15) is 0 Å². The van der Waals surface area contributed by atoms with Crippen LogP contribution < -0.4 is 19.6 Å². The molecule has 7 nitrogen and oxygen atoms in total. The first kappa shape index (κ1) is 28.1. The van der Waals surface area contributed by atoms with Crippen LogP contribution in [0.5, 0.6) is 11.5 Å². The normalized spacial score (nSPS) is 15.0. The third-order valence-electron chi connectivity index (χ3n) is 6.45. The summed E-state index contributed by atoms with van der Waals surface area (Å²) in [4.78, 5) is 32.9. The summed E-state index contributed by atoms with van der Waals surface area (Å²) in [5.41, 5.74) is 3.64. The van der Waals surface area contributed by atoms with Crippen LogP contribution in [0.3, 0.4) is 0 Å². The minimum absolute atomic E-state index is 0.0565. The molecule has 10 heteroatoms. The van der Waals surface area contributed by atoms with Crippen LogP contribution in [0.1, 0.15) is 35.2 Å². The fourth-order valence-electron chi connectivity index (χ4n) is 4.52. The first-order valence-electron chi connectivity index (χ1n) is 12.3. The van der Waals surface area contributed by atoms with E-state index in [0.29, 0.717) is 35.1 Å². The van der Waals surface area contributed by atoms with E-state index in [2.05, 4.69) is 31.9 Å². The molecule has 2 heterocycles. The summed E-state index contributed by atoms with van der Waals surface area (Å²) < 4.78 is 13.7. The number of aromatic nitrogens is 1. The summed E-state index contributed by atoms with van der Waals surface area (Å²) in [5, 5.41) is 10.4. The largest absolute Gasteiger partial charge is 0.503 e. The molecule has 0 aliphatic carbocycles. The van der Waals surface area contributed by atoms with E-state index in [9.17, 15) is 14.7 Å². The molecule has 0 saturated heterocycles. The molecule has 0 amide bonds. The van der Waals surface area contributed by atoms with Crippen LogP contribution in [0, 0.1) is 6.92 Å². The van der Waals surface area contributed by atoms with E-state index in [-0.39, 0.29) is 23.7 Å². The maximum absolute atomic E-state index is 14.1. The van der Waals surface area contributed by atoms with Gasteiger partial charge in [-0.1, -0.05) is 71.5 Å². The van der Waals surface area contributed by atoms with Crippen LogP contribution in [-0.4, -0.2) is 29.4 Å². The number of benzene rings is 3. The fraction of sp³-hybridized carbons (Fsp3) is 0.167. The molecule has 1 aliphatic rings. The van der Waals surface area contributed by atoms with Crippen molar-refractivity contribution in [1.29, 1.82) is 0 Å². The molecule has 1 atom stereocenters. The lowest BCUT2D eigenvalue weighted by atomic mass is 9.92. The molecular formula is C30H24Br2N2O5S. The van der Waals surface area contributed by atoms with Gasteiger partial charge in [0, 0.05) is 10.0 Å². The van der Waals surface area contributed by atoms with Crippen LogP contribution in [0.25, 0.3) is 11.8 Å². The number of aromatic hydroxyl groups is 1. The van der Waals surface area contributed by atoms with Crippen molar-refractivity contribution in [3.8, 4) is 11.5 Å². The number of rotatable bonds is 6. The monoisotopic (exact) mass is 682 g/mol. The topological polar surface area (TPSA) is 90.1 Å². The molecule has 40 heavy (non-hydrogen) atoms. The molecule has 0 fully saturated rings. The highest BCUT2D eigenvalue weighted by Gasteiger charge is 2.35. The molecule has 1 unspecified atom stereocenters. The second-order valence-electron chi connectivity index (χ2n) is 8.99.